The second-order valence-corrected chi connectivity index (χ2v) is 8.84. The first kappa shape index (κ1) is 22.8. The molecule has 0 radical (unpaired) electrons. The summed E-state index contributed by atoms with van der Waals surface area (Å²) in [5.74, 6) is 0.154. The van der Waals surface area contributed by atoms with Crippen molar-refractivity contribution in [2.45, 2.75) is 26.3 Å². The number of aromatic carboxylic acids is 1. The smallest absolute Gasteiger partial charge is 0.339 e. The fourth-order valence-corrected chi connectivity index (χ4v) is 4.13. The molecule has 2 aromatic heterocycles. The lowest BCUT2D eigenvalue weighted by atomic mass is 9.98. The van der Waals surface area contributed by atoms with Crippen LogP contribution in [0.2, 0.25) is 0 Å². The lowest BCUT2D eigenvalue weighted by Gasteiger charge is -2.25. The quantitative estimate of drug-likeness (QED) is 0.279. The van der Waals surface area contributed by atoms with Crippen LogP contribution in [0.1, 0.15) is 35.7 Å². The van der Waals surface area contributed by atoms with Crippen molar-refractivity contribution in [1.82, 2.24) is 25.6 Å². The number of hydrogen-bond acceptors (Lipinski definition) is 6. The molecule has 9 heteroatoms. The van der Waals surface area contributed by atoms with E-state index in [-0.39, 0.29) is 5.56 Å². The number of H-pyrrole nitrogens is 1. The van der Waals surface area contributed by atoms with Gasteiger partial charge in [-0.1, -0.05) is 61.9 Å². The average molecular weight is 554 g/mol. The van der Waals surface area contributed by atoms with Gasteiger partial charge in [-0.25, -0.2) is 14.9 Å². The zero-order valence-corrected chi connectivity index (χ0v) is 20.2. The lowest BCUT2D eigenvalue weighted by Crippen LogP contribution is -2.27. The van der Waals surface area contributed by atoms with E-state index in [1.165, 1.54) is 0 Å². The number of anilines is 1. The molecule has 0 bridgehead atoms. The number of nitrogens with zero attached hydrogens (tertiary/aromatic N) is 5. The zero-order chi connectivity index (χ0) is 23.2. The van der Waals surface area contributed by atoms with Gasteiger partial charge in [-0.15, -0.1) is 5.10 Å². The van der Waals surface area contributed by atoms with Crippen molar-refractivity contribution >= 4 is 34.4 Å². The molecule has 0 aliphatic carbocycles. The summed E-state index contributed by atoms with van der Waals surface area (Å²) < 4.78 is 0.800. The molecule has 168 valence electrons. The zero-order valence-electron chi connectivity index (χ0n) is 18.1. The van der Waals surface area contributed by atoms with Gasteiger partial charge in [0.2, 0.25) is 0 Å². The maximum Gasteiger partial charge on any atom is 0.339 e. The molecule has 0 saturated heterocycles. The van der Waals surface area contributed by atoms with Crippen molar-refractivity contribution in [3.8, 4) is 22.5 Å². The number of unbranched alkanes of at least 4 members (excludes halogenated alkanes) is 1. The van der Waals surface area contributed by atoms with E-state index < -0.39 is 5.97 Å². The van der Waals surface area contributed by atoms with Crippen LogP contribution in [0.5, 0.6) is 0 Å². The largest absolute Gasteiger partial charge is 0.478 e. The van der Waals surface area contributed by atoms with Crippen molar-refractivity contribution in [2.24, 2.45) is 0 Å². The molecule has 0 unspecified atom stereocenters. The number of benzene rings is 2. The summed E-state index contributed by atoms with van der Waals surface area (Å²) in [5.41, 5.74) is 4.30. The highest BCUT2D eigenvalue weighted by molar-refractivity contribution is 14.1. The van der Waals surface area contributed by atoms with Crippen LogP contribution in [0.15, 0.2) is 60.8 Å². The van der Waals surface area contributed by atoms with Crippen molar-refractivity contribution in [3.05, 3.63) is 75.5 Å². The Morgan fingerprint density at radius 3 is 2.55 bits per heavy atom. The van der Waals surface area contributed by atoms with E-state index in [4.69, 9.17) is 0 Å². The number of carboxylic acids is 1. The number of aromatic amines is 1. The molecule has 4 rings (SSSR count). The summed E-state index contributed by atoms with van der Waals surface area (Å²) in [6.07, 6.45) is 3.67. The minimum atomic E-state index is -0.966. The van der Waals surface area contributed by atoms with E-state index >= 15 is 0 Å². The fraction of sp³-hybridized carbons (Fsp3) is 0.208. The molecule has 4 aromatic rings. The van der Waals surface area contributed by atoms with E-state index in [0.717, 1.165) is 45.2 Å². The van der Waals surface area contributed by atoms with Crippen LogP contribution in [0.4, 0.5) is 5.82 Å². The fourth-order valence-electron chi connectivity index (χ4n) is 3.67. The van der Waals surface area contributed by atoms with Gasteiger partial charge in [-0.05, 0) is 62.2 Å². The first-order valence-corrected chi connectivity index (χ1v) is 11.7. The first-order chi connectivity index (χ1) is 16.1. The van der Waals surface area contributed by atoms with Gasteiger partial charge in [-0.3, -0.25) is 0 Å². The second kappa shape index (κ2) is 10.5. The Kier molecular flexibility index (Phi) is 7.28. The van der Waals surface area contributed by atoms with Gasteiger partial charge in [0.25, 0.3) is 0 Å². The summed E-state index contributed by atoms with van der Waals surface area (Å²) in [7, 11) is 0. The van der Waals surface area contributed by atoms with Crippen molar-refractivity contribution in [2.75, 3.05) is 11.4 Å². The molecule has 2 aromatic carbocycles. The predicted octanol–water partition coefficient (Wildman–Crippen LogP) is 5.04. The third-order valence-electron chi connectivity index (χ3n) is 5.31. The predicted molar refractivity (Wildman–Crippen MR) is 135 cm³/mol. The van der Waals surface area contributed by atoms with E-state index in [2.05, 4.69) is 79.4 Å². The van der Waals surface area contributed by atoms with Gasteiger partial charge in [-0.2, -0.15) is 0 Å². The van der Waals surface area contributed by atoms with Crippen LogP contribution in [-0.2, 0) is 6.54 Å². The Labute approximate surface area is 205 Å². The van der Waals surface area contributed by atoms with Gasteiger partial charge in [0, 0.05) is 28.4 Å². The van der Waals surface area contributed by atoms with Gasteiger partial charge in [0.1, 0.15) is 11.4 Å². The summed E-state index contributed by atoms with van der Waals surface area (Å²) >= 11 is 2.09. The van der Waals surface area contributed by atoms with Gasteiger partial charge >= 0.3 is 5.97 Å². The topological polar surface area (TPSA) is 108 Å². The summed E-state index contributed by atoms with van der Waals surface area (Å²) in [5, 5.41) is 23.9. The van der Waals surface area contributed by atoms with Crippen molar-refractivity contribution < 1.29 is 9.90 Å². The number of hydrogen-bond donors (Lipinski definition) is 2. The van der Waals surface area contributed by atoms with Crippen LogP contribution in [0, 0.1) is 3.57 Å². The number of pyridine rings is 1. The minimum Gasteiger partial charge on any atom is -0.478 e. The highest BCUT2D eigenvalue weighted by Gasteiger charge is 2.19. The van der Waals surface area contributed by atoms with Crippen LogP contribution in [0.25, 0.3) is 22.5 Å². The summed E-state index contributed by atoms with van der Waals surface area (Å²) in [6, 6.07) is 17.9. The van der Waals surface area contributed by atoms with Gasteiger partial charge < -0.3 is 10.0 Å². The number of halogens is 1. The number of aromatic nitrogens is 5. The second-order valence-electron chi connectivity index (χ2n) is 7.60. The number of rotatable bonds is 9. The summed E-state index contributed by atoms with van der Waals surface area (Å²) in [4.78, 5) is 18.4. The Balaban J connectivity index is 1.62. The van der Waals surface area contributed by atoms with Crippen molar-refractivity contribution in [1.29, 1.82) is 0 Å². The monoisotopic (exact) mass is 554 g/mol. The maximum absolute atomic E-state index is 11.8. The number of carbonyl (C=O) groups is 1. The normalized spacial score (nSPS) is 10.8. The number of nitrogens with one attached hydrogen (secondary N) is 1. The first-order valence-electron chi connectivity index (χ1n) is 10.6. The minimum absolute atomic E-state index is 0.226. The third kappa shape index (κ3) is 5.36. The van der Waals surface area contributed by atoms with Crippen LogP contribution < -0.4 is 4.90 Å². The van der Waals surface area contributed by atoms with Gasteiger partial charge in [0.05, 0.1) is 0 Å². The van der Waals surface area contributed by atoms with E-state index in [0.29, 0.717) is 18.2 Å². The lowest BCUT2D eigenvalue weighted by molar-refractivity contribution is 0.0697. The highest BCUT2D eigenvalue weighted by Crippen LogP contribution is 2.30. The Morgan fingerprint density at radius 2 is 1.88 bits per heavy atom. The van der Waals surface area contributed by atoms with Crippen LogP contribution >= 0.6 is 22.6 Å². The molecular weight excluding hydrogens is 531 g/mol. The van der Waals surface area contributed by atoms with E-state index in [1.54, 1.807) is 12.3 Å². The molecule has 0 fully saturated rings. The molecule has 0 spiro atoms. The van der Waals surface area contributed by atoms with Crippen LogP contribution in [0.3, 0.4) is 0 Å². The Hall–Kier alpha value is -3.34. The molecule has 2 N–H and O–H groups in total. The highest BCUT2D eigenvalue weighted by atomic mass is 127. The van der Waals surface area contributed by atoms with Crippen molar-refractivity contribution in [3.63, 3.8) is 0 Å². The van der Waals surface area contributed by atoms with E-state index in [1.807, 2.05) is 29.2 Å². The number of tetrazole rings is 1. The Morgan fingerprint density at radius 1 is 1.12 bits per heavy atom. The van der Waals surface area contributed by atoms with Gasteiger partial charge in [0.15, 0.2) is 5.82 Å². The standard InChI is InChI=1S/C24H23IN6O2/c1-2-3-12-31(23-21(24(32)33)13-18(25)14-26-23)15-16-8-10-17(11-9-16)19-6-4-5-7-20(19)22-27-29-30-28-22/h4-11,13-14H,2-3,12,15H2,1H3,(H,32,33)(H,27,28,29,30). The SMILES string of the molecule is CCCCN(Cc1ccc(-c2ccccc2-c2nnn[nH]2)cc1)c1ncc(I)cc1C(=O)O. The molecule has 0 amide bonds. The number of carboxylic acid groups (broad SMARTS) is 1. The molecule has 0 aliphatic heterocycles. The Bertz CT molecular complexity index is 1230. The molecule has 0 atom stereocenters. The molecule has 0 aliphatic rings. The van der Waals surface area contributed by atoms with E-state index in [9.17, 15) is 9.90 Å². The van der Waals surface area contributed by atoms with Crippen LogP contribution in [-0.4, -0.2) is 43.2 Å². The molecular formula is C24H23IN6O2. The maximum atomic E-state index is 11.8. The average Bonchev–Trinajstić information content (AvgIpc) is 3.37. The molecule has 8 nitrogen and oxygen atoms in total. The third-order valence-corrected chi connectivity index (χ3v) is 5.90. The summed E-state index contributed by atoms with van der Waals surface area (Å²) in [6.45, 7) is 3.42. The molecule has 33 heavy (non-hydrogen) atoms. The molecule has 0 saturated carbocycles. The molecule has 2 heterocycles.